The lowest BCUT2D eigenvalue weighted by molar-refractivity contribution is -0.196. The molecule has 10 heteroatoms. The molecule has 1 N–H and O–H groups in total. The molecule has 2 heterocycles. The summed E-state index contributed by atoms with van der Waals surface area (Å²) in [6.45, 7) is 4.83. The van der Waals surface area contributed by atoms with Crippen molar-refractivity contribution in [2.75, 3.05) is 16.8 Å². The number of amides is 2. The number of hydrogen-bond acceptors (Lipinski definition) is 5. The number of ether oxygens (including phenoxy) is 1. The minimum Gasteiger partial charge on any atom is -0.448 e. The summed E-state index contributed by atoms with van der Waals surface area (Å²) in [4.78, 5) is 35.0. The van der Waals surface area contributed by atoms with Gasteiger partial charge in [0.2, 0.25) is 11.9 Å². The van der Waals surface area contributed by atoms with E-state index in [-0.39, 0.29) is 30.1 Å². The number of nitrogens with zero attached hydrogens (tertiary/aromatic N) is 3. The van der Waals surface area contributed by atoms with Gasteiger partial charge in [-0.3, -0.25) is 10.1 Å². The molecule has 0 saturated heterocycles. The van der Waals surface area contributed by atoms with Crippen molar-refractivity contribution >= 4 is 23.6 Å². The van der Waals surface area contributed by atoms with Gasteiger partial charge in [0.15, 0.2) is 0 Å². The maximum absolute atomic E-state index is 13.0. The summed E-state index contributed by atoms with van der Waals surface area (Å²) >= 11 is 0. The SMILES string of the molecule is CC(=O)N1c2cnc(NC(=O)OCC3(C(F)(F)F)CC3)nc2C2(CCCCC2)C1(C)C. The van der Waals surface area contributed by atoms with Crippen molar-refractivity contribution in [3.05, 3.63) is 11.9 Å². The number of rotatable bonds is 3. The number of carbonyl (C=O) groups is 2. The molecule has 0 radical (unpaired) electrons. The second-order valence-corrected chi connectivity index (χ2v) is 9.46. The fraction of sp³-hybridized carbons (Fsp3) is 0.714. The van der Waals surface area contributed by atoms with Crippen LogP contribution < -0.4 is 10.2 Å². The standard InChI is InChI=1S/C21H27F3N4O3/c1-13(29)28-14-11-25-16(27-17(30)31-12-19(9-10-19)21(22,23)24)26-15(14)20(18(28,2)3)7-5-4-6-8-20/h11H,4-10,12H2,1-3H3,(H,25,26,27,30). The average Bonchev–Trinajstić information content (AvgIpc) is 3.46. The van der Waals surface area contributed by atoms with Crippen LogP contribution in [-0.4, -0.2) is 40.3 Å². The van der Waals surface area contributed by atoms with Gasteiger partial charge in [0, 0.05) is 12.3 Å². The Labute approximate surface area is 178 Å². The Hall–Kier alpha value is -2.39. The molecule has 0 unspecified atom stereocenters. The molecule has 31 heavy (non-hydrogen) atoms. The Morgan fingerprint density at radius 1 is 1.16 bits per heavy atom. The van der Waals surface area contributed by atoms with Crippen LogP contribution in [0.2, 0.25) is 0 Å². The summed E-state index contributed by atoms with van der Waals surface area (Å²) in [5, 5.41) is 2.36. The Morgan fingerprint density at radius 3 is 2.35 bits per heavy atom. The fourth-order valence-electron chi connectivity index (χ4n) is 5.32. The quantitative estimate of drug-likeness (QED) is 0.736. The Balaban J connectivity index is 1.57. The van der Waals surface area contributed by atoms with Crippen LogP contribution in [0.4, 0.5) is 29.6 Å². The number of aromatic nitrogens is 2. The third kappa shape index (κ3) is 3.34. The van der Waals surface area contributed by atoms with Crippen LogP contribution in [0.1, 0.15) is 71.4 Å². The molecule has 4 rings (SSSR count). The second-order valence-electron chi connectivity index (χ2n) is 9.46. The van der Waals surface area contributed by atoms with Crippen molar-refractivity contribution in [2.24, 2.45) is 5.41 Å². The second kappa shape index (κ2) is 7.06. The highest BCUT2D eigenvalue weighted by molar-refractivity contribution is 5.96. The van der Waals surface area contributed by atoms with Crippen LogP contribution in [0.25, 0.3) is 0 Å². The molecule has 1 aromatic rings. The number of fused-ring (bicyclic) bond motifs is 2. The molecular formula is C21H27F3N4O3. The molecule has 1 spiro atoms. The van der Waals surface area contributed by atoms with Crippen LogP contribution in [0.5, 0.6) is 0 Å². The summed E-state index contributed by atoms with van der Waals surface area (Å²) in [6, 6.07) is 0. The van der Waals surface area contributed by atoms with E-state index in [1.54, 1.807) is 4.90 Å². The van der Waals surface area contributed by atoms with E-state index in [2.05, 4.69) is 15.3 Å². The van der Waals surface area contributed by atoms with Crippen molar-refractivity contribution in [3.8, 4) is 0 Å². The van der Waals surface area contributed by atoms with Gasteiger partial charge in [0.25, 0.3) is 0 Å². The first-order valence-electron chi connectivity index (χ1n) is 10.6. The van der Waals surface area contributed by atoms with E-state index in [9.17, 15) is 22.8 Å². The van der Waals surface area contributed by atoms with Crippen molar-refractivity contribution in [1.29, 1.82) is 0 Å². The van der Waals surface area contributed by atoms with E-state index < -0.39 is 29.8 Å². The fourth-order valence-corrected chi connectivity index (χ4v) is 5.32. The lowest BCUT2D eigenvalue weighted by Crippen LogP contribution is -2.56. The van der Waals surface area contributed by atoms with E-state index in [4.69, 9.17) is 4.74 Å². The third-order valence-corrected chi connectivity index (χ3v) is 7.36. The molecule has 2 saturated carbocycles. The Morgan fingerprint density at radius 2 is 1.81 bits per heavy atom. The highest BCUT2D eigenvalue weighted by Crippen LogP contribution is 2.58. The van der Waals surface area contributed by atoms with Gasteiger partial charge in [-0.2, -0.15) is 13.2 Å². The van der Waals surface area contributed by atoms with Gasteiger partial charge in [-0.1, -0.05) is 19.3 Å². The summed E-state index contributed by atoms with van der Waals surface area (Å²) in [5.41, 5.74) is -1.50. The molecule has 7 nitrogen and oxygen atoms in total. The lowest BCUT2D eigenvalue weighted by atomic mass is 9.62. The van der Waals surface area contributed by atoms with Gasteiger partial charge in [0.1, 0.15) is 12.0 Å². The summed E-state index contributed by atoms with van der Waals surface area (Å²) in [6.07, 6.45) is 0.818. The van der Waals surface area contributed by atoms with Crippen molar-refractivity contribution in [3.63, 3.8) is 0 Å². The molecule has 0 atom stereocenters. The molecule has 170 valence electrons. The average molecular weight is 440 g/mol. The van der Waals surface area contributed by atoms with Crippen molar-refractivity contribution < 1.29 is 27.5 Å². The smallest absolute Gasteiger partial charge is 0.414 e. The first kappa shape index (κ1) is 21.8. The maximum Gasteiger partial charge on any atom is 0.414 e. The molecule has 2 aliphatic carbocycles. The van der Waals surface area contributed by atoms with Crippen molar-refractivity contribution in [2.45, 2.75) is 82.8 Å². The molecule has 3 aliphatic rings. The molecule has 2 fully saturated rings. The van der Waals surface area contributed by atoms with E-state index in [0.717, 1.165) is 32.1 Å². The van der Waals surface area contributed by atoms with Gasteiger partial charge in [-0.05, 0) is 39.5 Å². The number of nitrogens with one attached hydrogen (secondary N) is 1. The molecule has 1 aromatic heterocycles. The highest BCUT2D eigenvalue weighted by atomic mass is 19.4. The number of anilines is 2. The normalized spacial score (nSPS) is 22.7. The number of alkyl halides is 3. The zero-order valence-electron chi connectivity index (χ0n) is 17.9. The van der Waals surface area contributed by atoms with E-state index in [0.29, 0.717) is 11.4 Å². The number of halogens is 3. The van der Waals surface area contributed by atoms with Crippen LogP contribution in [0.15, 0.2) is 6.20 Å². The van der Waals surface area contributed by atoms with Gasteiger partial charge in [-0.25, -0.2) is 14.8 Å². The zero-order chi connectivity index (χ0) is 22.7. The van der Waals surface area contributed by atoms with Crippen LogP contribution in [-0.2, 0) is 14.9 Å². The van der Waals surface area contributed by atoms with Gasteiger partial charge < -0.3 is 9.64 Å². The van der Waals surface area contributed by atoms with Crippen LogP contribution in [0, 0.1) is 5.41 Å². The summed E-state index contributed by atoms with van der Waals surface area (Å²) < 4.78 is 43.9. The van der Waals surface area contributed by atoms with Gasteiger partial charge in [-0.15, -0.1) is 0 Å². The first-order chi connectivity index (χ1) is 14.4. The highest BCUT2D eigenvalue weighted by Gasteiger charge is 2.64. The largest absolute Gasteiger partial charge is 0.448 e. The summed E-state index contributed by atoms with van der Waals surface area (Å²) in [7, 11) is 0. The Kier molecular flexibility index (Phi) is 4.97. The molecule has 0 bridgehead atoms. The zero-order valence-corrected chi connectivity index (χ0v) is 17.9. The third-order valence-electron chi connectivity index (χ3n) is 7.36. The lowest BCUT2D eigenvalue weighted by Gasteiger charge is -2.47. The van der Waals surface area contributed by atoms with Gasteiger partial charge >= 0.3 is 12.3 Å². The minimum absolute atomic E-state index is 0.0354. The topological polar surface area (TPSA) is 84.4 Å². The molecule has 0 aromatic carbocycles. The maximum atomic E-state index is 13.0. The minimum atomic E-state index is -4.40. The van der Waals surface area contributed by atoms with Crippen LogP contribution >= 0.6 is 0 Å². The predicted molar refractivity (Wildman–Crippen MR) is 107 cm³/mol. The monoisotopic (exact) mass is 440 g/mol. The van der Waals surface area contributed by atoms with Crippen LogP contribution in [0.3, 0.4) is 0 Å². The van der Waals surface area contributed by atoms with Crippen molar-refractivity contribution in [1.82, 2.24) is 9.97 Å². The molecule has 2 amide bonds. The molecule has 1 aliphatic heterocycles. The van der Waals surface area contributed by atoms with E-state index in [1.165, 1.54) is 13.1 Å². The van der Waals surface area contributed by atoms with E-state index >= 15 is 0 Å². The molecular weight excluding hydrogens is 413 g/mol. The van der Waals surface area contributed by atoms with E-state index in [1.807, 2.05) is 13.8 Å². The number of carbonyl (C=O) groups excluding carboxylic acids is 2. The predicted octanol–water partition coefficient (Wildman–Crippen LogP) is 4.71. The number of hydrogen-bond donors (Lipinski definition) is 1. The first-order valence-corrected chi connectivity index (χ1v) is 10.6. The summed E-state index contributed by atoms with van der Waals surface area (Å²) in [5.74, 6) is -0.147. The Bertz CT molecular complexity index is 906. The van der Waals surface area contributed by atoms with Gasteiger partial charge in [0.05, 0.1) is 23.1 Å².